The van der Waals surface area contributed by atoms with Crippen LogP contribution in [-0.2, 0) is 13.6 Å². The van der Waals surface area contributed by atoms with E-state index < -0.39 is 13.4 Å². The van der Waals surface area contributed by atoms with Gasteiger partial charge in [0.2, 0.25) is 0 Å². The molecule has 0 aliphatic rings. The highest BCUT2D eigenvalue weighted by molar-refractivity contribution is 7.48. The Morgan fingerprint density at radius 1 is 1.30 bits per heavy atom. The molecule has 0 saturated heterocycles. The second-order valence-corrected chi connectivity index (χ2v) is 5.08. The summed E-state index contributed by atoms with van der Waals surface area (Å²) in [6.07, 6.45) is 1.48. The van der Waals surface area contributed by atoms with Gasteiger partial charge in [-0.2, -0.15) is 0 Å². The van der Waals surface area contributed by atoms with Crippen LogP contribution in [0.5, 0.6) is 0 Å². The zero-order valence-corrected chi connectivity index (χ0v) is 11.8. The highest BCUT2D eigenvalue weighted by Crippen LogP contribution is 2.45. The molecule has 2 rings (SSSR count). The average molecular weight is 300 g/mol. The summed E-state index contributed by atoms with van der Waals surface area (Å²) >= 11 is 0. The zero-order valence-electron chi connectivity index (χ0n) is 10.9. The van der Waals surface area contributed by atoms with Gasteiger partial charge in [-0.05, 0) is 36.0 Å². The first-order valence-corrected chi connectivity index (χ1v) is 7.35. The number of aromatic nitrogens is 4. The molecule has 0 amide bonds. The lowest BCUT2D eigenvalue weighted by Crippen LogP contribution is -2.30. The molecule has 20 heavy (non-hydrogen) atoms. The summed E-state index contributed by atoms with van der Waals surface area (Å²) in [7, 11) is -3.91. The Morgan fingerprint density at radius 3 is 2.65 bits per heavy atom. The first kappa shape index (κ1) is 14.6. The Morgan fingerprint density at radius 2 is 2.00 bits per heavy atom. The van der Waals surface area contributed by atoms with Crippen LogP contribution in [0.4, 0.5) is 0 Å². The second-order valence-electron chi connectivity index (χ2n) is 3.51. The third-order valence-electron chi connectivity index (χ3n) is 2.16. The number of fused-ring (bicyclic) bond motifs is 1. The van der Waals surface area contributed by atoms with Crippen molar-refractivity contribution in [1.29, 1.82) is 0 Å². The van der Waals surface area contributed by atoms with E-state index >= 15 is 0 Å². The van der Waals surface area contributed by atoms with Crippen molar-refractivity contribution >= 4 is 18.9 Å². The van der Waals surface area contributed by atoms with Crippen molar-refractivity contribution in [2.75, 3.05) is 13.2 Å². The van der Waals surface area contributed by atoms with Gasteiger partial charge in [0.15, 0.2) is 5.65 Å². The van der Waals surface area contributed by atoms with Gasteiger partial charge in [0.05, 0.1) is 18.6 Å². The summed E-state index contributed by atoms with van der Waals surface area (Å²) in [6, 6.07) is 3.08. The van der Waals surface area contributed by atoms with Gasteiger partial charge in [-0.1, -0.05) is 0 Å². The lowest BCUT2D eigenvalue weighted by atomic mass is 10.3. The standard InChI is InChI=1S/C10H13N4O5P/c1-3-17-20(16,18-4-2)19-14-10(15)8-6-5-7-11-9(8)12-13-14/h5-7H,3-4H2,1-2H3. The molecule has 0 aromatic carbocycles. The first-order valence-electron chi connectivity index (χ1n) is 5.89. The predicted octanol–water partition coefficient (Wildman–Crippen LogP) is 0.796. The molecular weight excluding hydrogens is 287 g/mol. The lowest BCUT2D eigenvalue weighted by Gasteiger charge is -2.15. The van der Waals surface area contributed by atoms with E-state index in [1.807, 2.05) is 0 Å². The van der Waals surface area contributed by atoms with Crippen LogP contribution in [0.25, 0.3) is 11.0 Å². The van der Waals surface area contributed by atoms with Crippen molar-refractivity contribution in [3.8, 4) is 0 Å². The maximum Gasteiger partial charge on any atom is 0.550 e. The van der Waals surface area contributed by atoms with Crippen LogP contribution in [0.3, 0.4) is 0 Å². The van der Waals surface area contributed by atoms with E-state index in [-0.39, 0.29) is 24.2 Å². The Hall–Kier alpha value is -1.83. The Balaban J connectivity index is 2.40. The number of rotatable bonds is 6. The molecule has 9 nitrogen and oxygen atoms in total. The second kappa shape index (κ2) is 6.08. The maximum atomic E-state index is 12.2. The number of phosphoric acid groups is 1. The SMILES string of the molecule is CCOP(=O)(OCC)On1nnc2ncccc2c1=O. The molecule has 0 bridgehead atoms. The molecule has 10 heteroatoms. The molecule has 2 aromatic rings. The molecule has 108 valence electrons. The van der Waals surface area contributed by atoms with Gasteiger partial charge in [-0.25, -0.2) is 9.55 Å². The van der Waals surface area contributed by atoms with Crippen molar-refractivity contribution in [2.24, 2.45) is 0 Å². The topological polar surface area (TPSA) is 105 Å². The third-order valence-corrected chi connectivity index (χ3v) is 3.67. The quantitative estimate of drug-likeness (QED) is 0.721. The van der Waals surface area contributed by atoms with Crippen LogP contribution < -0.4 is 10.2 Å². The molecule has 0 radical (unpaired) electrons. The average Bonchev–Trinajstić information content (AvgIpc) is 2.43. The van der Waals surface area contributed by atoms with Crippen molar-refractivity contribution < 1.29 is 18.2 Å². The van der Waals surface area contributed by atoms with E-state index in [0.717, 1.165) is 0 Å². The summed E-state index contributed by atoms with van der Waals surface area (Å²) in [5.74, 6) is 0. The number of phosphoric ester groups is 1. The van der Waals surface area contributed by atoms with Crippen LogP contribution in [0.1, 0.15) is 13.8 Å². The van der Waals surface area contributed by atoms with E-state index in [9.17, 15) is 9.36 Å². The van der Waals surface area contributed by atoms with Crippen LogP contribution in [0, 0.1) is 0 Å². The van der Waals surface area contributed by atoms with Gasteiger partial charge in [0.1, 0.15) is 0 Å². The molecular formula is C10H13N4O5P. The van der Waals surface area contributed by atoms with Gasteiger partial charge < -0.3 is 0 Å². The smallest absolute Gasteiger partial charge is 0.288 e. The fourth-order valence-electron chi connectivity index (χ4n) is 1.42. The predicted molar refractivity (Wildman–Crippen MR) is 69.0 cm³/mol. The third kappa shape index (κ3) is 3.01. The van der Waals surface area contributed by atoms with Gasteiger partial charge in [0, 0.05) is 6.20 Å². The van der Waals surface area contributed by atoms with Crippen molar-refractivity contribution in [3.63, 3.8) is 0 Å². The fourth-order valence-corrected chi connectivity index (χ4v) is 2.52. The highest BCUT2D eigenvalue weighted by Gasteiger charge is 2.29. The Bertz CT molecular complexity index is 693. The summed E-state index contributed by atoms with van der Waals surface area (Å²) in [4.78, 5) is 16.4. The van der Waals surface area contributed by atoms with Crippen LogP contribution >= 0.6 is 7.82 Å². The van der Waals surface area contributed by atoms with Crippen LogP contribution in [0.2, 0.25) is 0 Å². The van der Waals surface area contributed by atoms with Gasteiger partial charge in [0.25, 0.3) is 0 Å². The van der Waals surface area contributed by atoms with Gasteiger partial charge in [-0.15, -0.1) is 5.10 Å². The molecule has 0 N–H and O–H groups in total. The number of hydrogen-bond donors (Lipinski definition) is 0. The molecule has 0 fully saturated rings. The monoisotopic (exact) mass is 300 g/mol. The minimum atomic E-state index is -3.91. The van der Waals surface area contributed by atoms with Crippen LogP contribution in [-0.4, -0.2) is 33.4 Å². The molecule has 0 unspecified atom stereocenters. The molecule has 2 heterocycles. The van der Waals surface area contributed by atoms with Crippen molar-refractivity contribution in [2.45, 2.75) is 13.8 Å². The van der Waals surface area contributed by atoms with E-state index in [2.05, 4.69) is 15.3 Å². The number of nitrogens with zero attached hydrogens (tertiary/aromatic N) is 4. The highest BCUT2D eigenvalue weighted by atomic mass is 31.2. The van der Waals surface area contributed by atoms with E-state index in [1.54, 1.807) is 19.9 Å². The minimum absolute atomic E-state index is 0.0919. The Labute approximate surface area is 114 Å². The van der Waals surface area contributed by atoms with E-state index in [1.165, 1.54) is 12.3 Å². The fraction of sp³-hybridized carbons (Fsp3) is 0.400. The van der Waals surface area contributed by atoms with Crippen LogP contribution in [0.15, 0.2) is 23.1 Å². The van der Waals surface area contributed by atoms with Gasteiger partial charge in [-0.3, -0.25) is 18.5 Å². The van der Waals surface area contributed by atoms with Gasteiger partial charge >= 0.3 is 13.4 Å². The molecule has 0 atom stereocenters. The summed E-state index contributed by atoms with van der Waals surface area (Å²) < 4.78 is 26.9. The molecule has 0 saturated carbocycles. The first-order chi connectivity index (χ1) is 9.59. The van der Waals surface area contributed by atoms with E-state index in [4.69, 9.17) is 13.7 Å². The molecule has 0 spiro atoms. The van der Waals surface area contributed by atoms with Crippen molar-refractivity contribution in [3.05, 3.63) is 28.7 Å². The molecule has 2 aromatic heterocycles. The zero-order chi connectivity index (χ0) is 14.6. The summed E-state index contributed by atoms with van der Waals surface area (Å²) in [6.45, 7) is 3.42. The minimum Gasteiger partial charge on any atom is -0.288 e. The largest absolute Gasteiger partial charge is 0.550 e. The summed E-state index contributed by atoms with van der Waals surface area (Å²) in [5.41, 5.74) is -0.484. The van der Waals surface area contributed by atoms with Crippen molar-refractivity contribution in [1.82, 2.24) is 20.1 Å². The lowest BCUT2D eigenvalue weighted by molar-refractivity contribution is 0.0900. The number of pyridine rings is 1. The molecule has 0 aliphatic heterocycles. The van der Waals surface area contributed by atoms with E-state index in [0.29, 0.717) is 4.85 Å². The normalized spacial score (nSPS) is 11.7. The molecule has 0 aliphatic carbocycles. The number of hydrogen-bond acceptors (Lipinski definition) is 8. The maximum absolute atomic E-state index is 12.2. The summed E-state index contributed by atoms with van der Waals surface area (Å²) in [5, 5.41) is 7.37. The Kier molecular flexibility index (Phi) is 4.43.